The summed E-state index contributed by atoms with van der Waals surface area (Å²) in [7, 11) is 0. The highest BCUT2D eigenvalue weighted by molar-refractivity contribution is 5.10. The lowest BCUT2D eigenvalue weighted by Gasteiger charge is -2.03. The lowest BCUT2D eigenvalue weighted by Crippen LogP contribution is -1.83. The molecule has 0 aliphatic heterocycles. The Labute approximate surface area is 146 Å². The van der Waals surface area contributed by atoms with Gasteiger partial charge in [0.1, 0.15) is 0 Å². The van der Waals surface area contributed by atoms with Gasteiger partial charge in [0.25, 0.3) is 0 Å². The Morgan fingerprint density at radius 3 is 0.826 bits per heavy atom. The van der Waals surface area contributed by atoms with Crippen molar-refractivity contribution in [3.63, 3.8) is 0 Å². The molecule has 1 aliphatic rings. The highest BCUT2D eigenvalue weighted by Gasteiger charge is 1.94. The van der Waals surface area contributed by atoms with E-state index < -0.39 is 0 Å². The van der Waals surface area contributed by atoms with E-state index >= 15 is 0 Å². The second kappa shape index (κ2) is 17.6. The van der Waals surface area contributed by atoms with Crippen molar-refractivity contribution in [2.45, 2.75) is 109 Å². The van der Waals surface area contributed by atoms with Crippen molar-refractivity contribution in [2.24, 2.45) is 0 Å². The van der Waals surface area contributed by atoms with Crippen molar-refractivity contribution in [1.82, 2.24) is 0 Å². The van der Waals surface area contributed by atoms with Crippen LogP contribution in [-0.2, 0) is 0 Å². The molecule has 0 saturated carbocycles. The molecule has 0 atom stereocenters. The Hall–Kier alpha value is -0.780. The summed E-state index contributed by atoms with van der Waals surface area (Å²) < 4.78 is 0. The first-order valence-corrected chi connectivity index (χ1v) is 10.5. The van der Waals surface area contributed by atoms with Crippen molar-refractivity contribution >= 4 is 0 Å². The zero-order chi connectivity index (χ0) is 16.3. The minimum atomic E-state index is 1.24. The highest BCUT2D eigenvalue weighted by Crippen LogP contribution is 2.14. The first-order chi connectivity index (χ1) is 11.5. The SMILES string of the molecule is C1=CC=CCCCCCCCCCCCCCCCCCC=C1. The summed E-state index contributed by atoms with van der Waals surface area (Å²) in [6.45, 7) is 0. The van der Waals surface area contributed by atoms with Gasteiger partial charge in [-0.15, -0.1) is 0 Å². The number of rotatable bonds is 0. The van der Waals surface area contributed by atoms with Crippen LogP contribution >= 0.6 is 0 Å². The van der Waals surface area contributed by atoms with Gasteiger partial charge in [-0.05, 0) is 25.7 Å². The summed E-state index contributed by atoms with van der Waals surface area (Å²) >= 11 is 0. The molecule has 0 aromatic rings. The van der Waals surface area contributed by atoms with Crippen LogP contribution in [0.1, 0.15) is 109 Å². The number of allylic oxidation sites excluding steroid dienone is 6. The summed E-state index contributed by atoms with van der Waals surface area (Å²) in [5.74, 6) is 0. The molecule has 0 fully saturated rings. The third-order valence-electron chi connectivity index (χ3n) is 4.85. The topological polar surface area (TPSA) is 0 Å². The predicted octanol–water partition coefficient (Wildman–Crippen LogP) is 8.30. The van der Waals surface area contributed by atoms with E-state index in [0.717, 1.165) is 0 Å². The van der Waals surface area contributed by atoms with Crippen LogP contribution in [0.5, 0.6) is 0 Å². The fraction of sp³-hybridized carbons (Fsp3) is 0.739. The fourth-order valence-corrected chi connectivity index (χ4v) is 3.30. The summed E-state index contributed by atoms with van der Waals surface area (Å²) in [5.41, 5.74) is 0. The van der Waals surface area contributed by atoms with Gasteiger partial charge in [0.05, 0.1) is 0 Å². The molecule has 0 aromatic heterocycles. The van der Waals surface area contributed by atoms with Crippen molar-refractivity contribution in [2.75, 3.05) is 0 Å². The standard InChI is InChI=1S/C23H40/c1-2-4-6-8-10-12-14-16-18-20-22-23-21-19-17-15-13-11-9-7-5-3-1/h1-6H,7-23H2. The van der Waals surface area contributed by atoms with E-state index in [1.165, 1.54) is 109 Å². The van der Waals surface area contributed by atoms with Gasteiger partial charge in [-0.1, -0.05) is 120 Å². The molecule has 0 bridgehead atoms. The number of hydrogen-bond acceptors (Lipinski definition) is 0. The highest BCUT2D eigenvalue weighted by atomic mass is 14.0. The zero-order valence-corrected chi connectivity index (χ0v) is 15.5. The largest absolute Gasteiger partial charge is 0.0845 e. The molecule has 0 radical (unpaired) electrons. The minimum absolute atomic E-state index is 1.24. The Balaban J connectivity index is 2.15. The molecule has 0 heterocycles. The molecule has 132 valence electrons. The molecule has 0 heteroatoms. The maximum Gasteiger partial charge on any atom is -0.0348 e. The van der Waals surface area contributed by atoms with Crippen molar-refractivity contribution in [3.8, 4) is 0 Å². The van der Waals surface area contributed by atoms with E-state index in [2.05, 4.69) is 36.5 Å². The Morgan fingerprint density at radius 1 is 0.261 bits per heavy atom. The third kappa shape index (κ3) is 15.9. The summed E-state index contributed by atoms with van der Waals surface area (Å²) in [4.78, 5) is 0. The lowest BCUT2D eigenvalue weighted by atomic mass is 10.0. The third-order valence-corrected chi connectivity index (χ3v) is 4.85. The van der Waals surface area contributed by atoms with Gasteiger partial charge >= 0.3 is 0 Å². The monoisotopic (exact) mass is 316 g/mol. The molecule has 0 spiro atoms. The van der Waals surface area contributed by atoms with Crippen molar-refractivity contribution < 1.29 is 0 Å². The first kappa shape index (κ1) is 20.3. The van der Waals surface area contributed by atoms with Gasteiger partial charge in [-0.25, -0.2) is 0 Å². The van der Waals surface area contributed by atoms with Gasteiger partial charge in [0, 0.05) is 0 Å². The average Bonchev–Trinajstić information content (AvgIpc) is 2.56. The fourth-order valence-electron chi connectivity index (χ4n) is 3.30. The molecule has 1 rings (SSSR count). The minimum Gasteiger partial charge on any atom is -0.0845 e. The Bertz CT molecular complexity index is 278. The normalized spacial score (nSPS) is 21.9. The van der Waals surface area contributed by atoms with Gasteiger partial charge in [-0.2, -0.15) is 0 Å². The molecule has 0 saturated heterocycles. The Kier molecular flexibility index (Phi) is 15.5. The van der Waals surface area contributed by atoms with E-state index in [4.69, 9.17) is 0 Å². The smallest absolute Gasteiger partial charge is 0.0348 e. The van der Waals surface area contributed by atoms with Crippen LogP contribution in [0.3, 0.4) is 0 Å². The second-order valence-electron chi connectivity index (χ2n) is 7.12. The maximum absolute atomic E-state index is 2.32. The van der Waals surface area contributed by atoms with Crippen molar-refractivity contribution in [1.29, 1.82) is 0 Å². The van der Waals surface area contributed by atoms with Gasteiger partial charge in [0.2, 0.25) is 0 Å². The zero-order valence-electron chi connectivity index (χ0n) is 15.5. The van der Waals surface area contributed by atoms with E-state index in [9.17, 15) is 0 Å². The maximum atomic E-state index is 2.32. The van der Waals surface area contributed by atoms with Crippen LogP contribution in [0.15, 0.2) is 36.5 Å². The number of hydrogen-bond donors (Lipinski definition) is 0. The first-order valence-electron chi connectivity index (χ1n) is 10.5. The van der Waals surface area contributed by atoms with Gasteiger partial charge in [-0.3, -0.25) is 0 Å². The summed E-state index contributed by atoms with van der Waals surface area (Å²) in [6, 6.07) is 0. The molecule has 0 nitrogen and oxygen atoms in total. The molecule has 23 heavy (non-hydrogen) atoms. The predicted molar refractivity (Wildman–Crippen MR) is 106 cm³/mol. The second-order valence-corrected chi connectivity index (χ2v) is 7.12. The molecule has 0 amide bonds. The molecule has 0 N–H and O–H groups in total. The summed E-state index contributed by atoms with van der Waals surface area (Å²) in [5, 5.41) is 0. The molecule has 0 unspecified atom stereocenters. The lowest BCUT2D eigenvalue weighted by molar-refractivity contribution is 0.531. The molecule has 0 aromatic carbocycles. The van der Waals surface area contributed by atoms with Crippen LogP contribution in [-0.4, -0.2) is 0 Å². The van der Waals surface area contributed by atoms with Crippen LogP contribution < -0.4 is 0 Å². The van der Waals surface area contributed by atoms with E-state index in [-0.39, 0.29) is 0 Å². The van der Waals surface area contributed by atoms with E-state index in [1.807, 2.05) is 0 Å². The van der Waals surface area contributed by atoms with E-state index in [0.29, 0.717) is 0 Å². The van der Waals surface area contributed by atoms with E-state index in [1.54, 1.807) is 0 Å². The molecular formula is C23H40. The van der Waals surface area contributed by atoms with Gasteiger partial charge < -0.3 is 0 Å². The molecular weight excluding hydrogens is 276 g/mol. The van der Waals surface area contributed by atoms with Gasteiger partial charge in [0.15, 0.2) is 0 Å². The Morgan fingerprint density at radius 2 is 0.522 bits per heavy atom. The van der Waals surface area contributed by atoms with Crippen LogP contribution in [0.25, 0.3) is 0 Å². The van der Waals surface area contributed by atoms with Crippen LogP contribution in [0, 0.1) is 0 Å². The molecule has 1 aliphatic carbocycles. The summed E-state index contributed by atoms with van der Waals surface area (Å²) in [6.07, 6.45) is 37.5. The van der Waals surface area contributed by atoms with Crippen molar-refractivity contribution in [3.05, 3.63) is 36.5 Å². The van der Waals surface area contributed by atoms with Crippen LogP contribution in [0.4, 0.5) is 0 Å². The average molecular weight is 317 g/mol. The quantitative estimate of drug-likeness (QED) is 0.421. The van der Waals surface area contributed by atoms with Crippen LogP contribution in [0.2, 0.25) is 0 Å².